The molecule has 3 fully saturated rings. The van der Waals surface area contributed by atoms with E-state index in [9.17, 15) is 9.90 Å². The Labute approximate surface area is 156 Å². The van der Waals surface area contributed by atoms with Crippen molar-refractivity contribution < 1.29 is 9.90 Å². The lowest BCUT2D eigenvalue weighted by Crippen LogP contribution is -2.58. The molecule has 3 aliphatic heterocycles. The zero-order valence-corrected chi connectivity index (χ0v) is 15.5. The first-order chi connectivity index (χ1) is 12.1. The fourth-order valence-electron chi connectivity index (χ4n) is 4.22. The summed E-state index contributed by atoms with van der Waals surface area (Å²) in [6.45, 7) is 3.02. The van der Waals surface area contributed by atoms with E-state index in [1.165, 1.54) is 0 Å². The van der Waals surface area contributed by atoms with Gasteiger partial charge in [-0.3, -0.25) is 4.90 Å². The van der Waals surface area contributed by atoms with Crippen LogP contribution in [0.2, 0.25) is 0 Å². The highest BCUT2D eigenvalue weighted by Gasteiger charge is 2.40. The molecule has 3 saturated heterocycles. The second-order valence-corrected chi connectivity index (χ2v) is 7.80. The van der Waals surface area contributed by atoms with Crippen LogP contribution in [0.25, 0.3) is 11.1 Å². The molecule has 2 bridgehead atoms. The molecule has 3 aliphatic rings. The van der Waals surface area contributed by atoms with E-state index in [1.54, 1.807) is 4.90 Å². The molecule has 1 N–H and O–H groups in total. The van der Waals surface area contributed by atoms with Crippen molar-refractivity contribution in [1.29, 1.82) is 0 Å². The van der Waals surface area contributed by atoms with Crippen LogP contribution in [0.3, 0.4) is 0 Å². The Morgan fingerprint density at radius 3 is 2.44 bits per heavy atom. The van der Waals surface area contributed by atoms with Gasteiger partial charge in [0.05, 0.1) is 11.7 Å². The lowest BCUT2D eigenvalue weighted by molar-refractivity contribution is 0.0838. The van der Waals surface area contributed by atoms with E-state index in [0.717, 1.165) is 53.8 Å². The second kappa shape index (κ2) is 6.81. The molecular weight excluding hydrogens is 380 g/mol. The van der Waals surface area contributed by atoms with Gasteiger partial charge >= 0.3 is 6.09 Å². The predicted molar refractivity (Wildman–Crippen MR) is 103 cm³/mol. The van der Waals surface area contributed by atoms with Crippen LogP contribution in [0, 0.1) is 5.92 Å². The van der Waals surface area contributed by atoms with E-state index in [2.05, 4.69) is 20.8 Å². The number of benzene rings is 2. The van der Waals surface area contributed by atoms with Crippen LogP contribution in [-0.4, -0.2) is 41.8 Å². The summed E-state index contributed by atoms with van der Waals surface area (Å²) in [6.07, 6.45) is 1.31. The molecule has 0 saturated carbocycles. The number of piperidine rings is 3. The molecule has 25 heavy (non-hydrogen) atoms. The van der Waals surface area contributed by atoms with Gasteiger partial charge in [0.15, 0.2) is 0 Å². The number of carbonyl (C=O) groups is 1. The summed E-state index contributed by atoms with van der Waals surface area (Å²) in [5.74, 6) is 0.448. The monoisotopic (exact) mass is 400 g/mol. The Bertz CT molecular complexity index is 773. The van der Waals surface area contributed by atoms with E-state index in [1.807, 2.05) is 48.5 Å². The number of amides is 1. The van der Waals surface area contributed by atoms with E-state index < -0.39 is 6.09 Å². The molecule has 0 aromatic heterocycles. The van der Waals surface area contributed by atoms with Gasteiger partial charge in [-0.25, -0.2) is 4.79 Å². The summed E-state index contributed by atoms with van der Waals surface area (Å²) in [4.78, 5) is 16.3. The highest BCUT2D eigenvalue weighted by molar-refractivity contribution is 9.10. The Kier molecular flexibility index (Phi) is 4.52. The molecule has 0 radical (unpaired) electrons. The van der Waals surface area contributed by atoms with Gasteiger partial charge in [-0.05, 0) is 49.5 Å². The van der Waals surface area contributed by atoms with Gasteiger partial charge in [0, 0.05) is 16.6 Å². The van der Waals surface area contributed by atoms with Crippen LogP contribution in [0.1, 0.15) is 12.8 Å². The molecule has 3 heterocycles. The van der Waals surface area contributed by atoms with E-state index in [4.69, 9.17) is 0 Å². The van der Waals surface area contributed by atoms with Gasteiger partial charge in [-0.1, -0.05) is 52.3 Å². The Morgan fingerprint density at radius 2 is 1.84 bits per heavy atom. The fourth-order valence-corrected chi connectivity index (χ4v) is 4.56. The van der Waals surface area contributed by atoms with Crippen molar-refractivity contribution in [1.82, 2.24) is 4.90 Å². The number of halogens is 1. The molecular formula is C20H21BrN2O2. The summed E-state index contributed by atoms with van der Waals surface area (Å²) in [7, 11) is 0. The minimum absolute atomic E-state index is 0.0248. The minimum Gasteiger partial charge on any atom is -0.465 e. The number of hydrogen-bond acceptors (Lipinski definition) is 2. The maximum absolute atomic E-state index is 12.3. The first kappa shape index (κ1) is 16.6. The number of nitrogens with zero attached hydrogens (tertiary/aromatic N) is 2. The number of carboxylic acid groups (broad SMARTS) is 1. The maximum Gasteiger partial charge on any atom is 0.412 e. The topological polar surface area (TPSA) is 43.8 Å². The number of anilines is 1. The van der Waals surface area contributed by atoms with E-state index >= 15 is 0 Å². The zero-order chi connectivity index (χ0) is 17.4. The molecule has 130 valence electrons. The summed E-state index contributed by atoms with van der Waals surface area (Å²) in [5, 5.41) is 10.1. The smallest absolute Gasteiger partial charge is 0.412 e. The number of hydrogen-bond donors (Lipinski definition) is 1. The van der Waals surface area contributed by atoms with Crippen LogP contribution in [0.4, 0.5) is 10.5 Å². The van der Waals surface area contributed by atoms with E-state index in [0.29, 0.717) is 5.92 Å². The quantitative estimate of drug-likeness (QED) is 0.811. The number of fused-ring (bicyclic) bond motifs is 3. The first-order valence-electron chi connectivity index (χ1n) is 8.73. The van der Waals surface area contributed by atoms with E-state index in [-0.39, 0.29) is 6.04 Å². The third kappa shape index (κ3) is 3.18. The maximum atomic E-state index is 12.3. The lowest BCUT2D eigenvalue weighted by atomic mass is 9.82. The average molecular weight is 401 g/mol. The highest BCUT2D eigenvalue weighted by atomic mass is 79.9. The molecule has 1 amide bonds. The minimum atomic E-state index is -0.867. The summed E-state index contributed by atoms with van der Waals surface area (Å²) < 4.78 is 0.898. The SMILES string of the molecule is O=C(O)N(c1cc(Br)ccc1-c1ccccc1)C1CN2CCC1CC2. The normalized spacial score (nSPS) is 24.9. The molecule has 1 unspecified atom stereocenters. The third-order valence-corrected chi connectivity index (χ3v) is 5.96. The van der Waals surface area contributed by atoms with Crippen LogP contribution in [-0.2, 0) is 0 Å². The van der Waals surface area contributed by atoms with Gasteiger partial charge in [0.1, 0.15) is 0 Å². The van der Waals surface area contributed by atoms with Crippen molar-refractivity contribution in [3.8, 4) is 11.1 Å². The molecule has 4 nitrogen and oxygen atoms in total. The van der Waals surface area contributed by atoms with Crippen molar-refractivity contribution in [2.24, 2.45) is 5.92 Å². The fraction of sp³-hybridized carbons (Fsp3) is 0.350. The van der Waals surface area contributed by atoms with Gasteiger partial charge in [-0.15, -0.1) is 0 Å². The summed E-state index contributed by atoms with van der Waals surface area (Å²) in [6, 6.07) is 16.0. The molecule has 0 spiro atoms. The standard InChI is InChI=1S/C20H21BrN2O2/c21-16-6-7-17(14-4-2-1-3-5-14)18(12-16)23(20(24)25)19-13-22-10-8-15(19)9-11-22/h1-7,12,15,19H,8-11,13H2,(H,24,25). The van der Waals surface area contributed by atoms with Crippen molar-refractivity contribution in [2.45, 2.75) is 18.9 Å². The van der Waals surface area contributed by atoms with Crippen molar-refractivity contribution >= 4 is 27.7 Å². The Hall–Kier alpha value is -1.85. The molecule has 1 atom stereocenters. The van der Waals surface area contributed by atoms with Crippen LogP contribution in [0.5, 0.6) is 0 Å². The summed E-state index contributed by atoms with van der Waals surface area (Å²) >= 11 is 3.52. The Balaban J connectivity index is 1.80. The van der Waals surface area contributed by atoms with Gasteiger partial charge in [-0.2, -0.15) is 0 Å². The van der Waals surface area contributed by atoms with Crippen molar-refractivity contribution in [2.75, 3.05) is 24.5 Å². The molecule has 5 heteroatoms. The highest BCUT2D eigenvalue weighted by Crippen LogP contribution is 2.39. The first-order valence-corrected chi connectivity index (χ1v) is 9.52. The number of rotatable bonds is 3. The van der Waals surface area contributed by atoms with Crippen LogP contribution in [0.15, 0.2) is 53.0 Å². The molecule has 0 aliphatic carbocycles. The van der Waals surface area contributed by atoms with Crippen molar-refractivity contribution in [3.63, 3.8) is 0 Å². The third-order valence-electron chi connectivity index (χ3n) is 5.46. The van der Waals surface area contributed by atoms with Gasteiger partial charge in [0.2, 0.25) is 0 Å². The zero-order valence-electron chi connectivity index (χ0n) is 13.9. The van der Waals surface area contributed by atoms with Crippen LogP contribution >= 0.6 is 15.9 Å². The average Bonchev–Trinajstić information content (AvgIpc) is 2.63. The largest absolute Gasteiger partial charge is 0.465 e. The molecule has 5 rings (SSSR count). The molecule has 2 aromatic rings. The van der Waals surface area contributed by atoms with Gasteiger partial charge in [0.25, 0.3) is 0 Å². The summed E-state index contributed by atoms with van der Waals surface area (Å²) in [5.41, 5.74) is 2.77. The van der Waals surface area contributed by atoms with Crippen LogP contribution < -0.4 is 4.90 Å². The lowest BCUT2D eigenvalue weighted by Gasteiger charge is -2.48. The Morgan fingerprint density at radius 1 is 1.12 bits per heavy atom. The second-order valence-electron chi connectivity index (χ2n) is 6.89. The predicted octanol–water partition coefficient (Wildman–Crippen LogP) is 4.69. The van der Waals surface area contributed by atoms with Gasteiger partial charge < -0.3 is 10.0 Å². The molecule has 2 aromatic carbocycles. The van der Waals surface area contributed by atoms with Crippen molar-refractivity contribution in [3.05, 3.63) is 53.0 Å².